The average Bonchev–Trinajstić information content (AvgIpc) is 3.66. The molecule has 1 atom stereocenters. The zero-order chi connectivity index (χ0) is 27.2. The maximum atomic E-state index is 14.2. The third-order valence-corrected chi connectivity index (χ3v) is 7.55. The summed E-state index contributed by atoms with van der Waals surface area (Å²) in [7, 11) is 5.17. The molecule has 1 N–H and O–H groups in total. The number of methoxy groups -OCH3 is 1. The number of anilines is 3. The van der Waals surface area contributed by atoms with Gasteiger partial charge in [0.25, 0.3) is 5.91 Å². The van der Waals surface area contributed by atoms with Crippen molar-refractivity contribution in [2.45, 2.75) is 30.7 Å². The summed E-state index contributed by atoms with van der Waals surface area (Å²) >= 11 is 6.01. The number of carbonyl (C=O) groups excluding carboxylic acids is 3. The molecule has 2 aliphatic rings. The van der Waals surface area contributed by atoms with Crippen LogP contribution < -0.4 is 15.1 Å². The van der Waals surface area contributed by atoms with E-state index in [2.05, 4.69) is 11.4 Å². The van der Waals surface area contributed by atoms with Crippen LogP contribution in [0.3, 0.4) is 0 Å². The standard InChI is InChI=1S/C29H27ClFN3O4/c1-33(2)19-11-12-24-20(16-19)29(13-14-29)28(37)34(24)18-9-7-17(8-10-18)15-23(27(36)38-3)32-26(35)25-21(30)5-4-6-22(25)31/h4-12,16,23H,13-15H2,1-3H3,(H,32,35)/t23-/m0/s1. The molecule has 196 valence electrons. The lowest BCUT2D eigenvalue weighted by Crippen LogP contribution is -2.43. The fourth-order valence-corrected chi connectivity index (χ4v) is 5.23. The minimum Gasteiger partial charge on any atom is -0.467 e. The summed E-state index contributed by atoms with van der Waals surface area (Å²) in [6.45, 7) is 0. The van der Waals surface area contributed by atoms with Crippen molar-refractivity contribution < 1.29 is 23.5 Å². The van der Waals surface area contributed by atoms with Crippen molar-refractivity contribution in [3.05, 3.63) is 88.2 Å². The van der Waals surface area contributed by atoms with Crippen molar-refractivity contribution in [2.75, 3.05) is 31.0 Å². The number of hydrogen-bond donors (Lipinski definition) is 1. The van der Waals surface area contributed by atoms with Crippen molar-refractivity contribution in [2.24, 2.45) is 0 Å². The topological polar surface area (TPSA) is 79.0 Å². The van der Waals surface area contributed by atoms with Gasteiger partial charge in [0, 0.05) is 31.9 Å². The van der Waals surface area contributed by atoms with Gasteiger partial charge in [-0.15, -0.1) is 0 Å². The first-order valence-electron chi connectivity index (χ1n) is 12.2. The van der Waals surface area contributed by atoms with E-state index < -0.39 is 29.2 Å². The molecular formula is C29H27ClFN3O4. The minimum absolute atomic E-state index is 0.0582. The summed E-state index contributed by atoms with van der Waals surface area (Å²) in [6.07, 6.45) is 1.76. The molecule has 3 aromatic carbocycles. The number of fused-ring (bicyclic) bond motifs is 2. The number of nitrogens with one attached hydrogen (secondary N) is 1. The fourth-order valence-electron chi connectivity index (χ4n) is 4.98. The van der Waals surface area contributed by atoms with Crippen LogP contribution in [0.25, 0.3) is 0 Å². The molecule has 3 aromatic rings. The van der Waals surface area contributed by atoms with Crippen LogP contribution in [-0.2, 0) is 26.2 Å². The molecule has 1 aliphatic carbocycles. The third kappa shape index (κ3) is 4.39. The normalized spacial score (nSPS) is 15.7. The molecule has 0 aromatic heterocycles. The molecule has 7 nitrogen and oxygen atoms in total. The summed E-state index contributed by atoms with van der Waals surface area (Å²) in [5, 5.41) is 2.47. The molecule has 9 heteroatoms. The number of ether oxygens (including phenoxy) is 1. The monoisotopic (exact) mass is 535 g/mol. The second-order valence-corrected chi connectivity index (χ2v) is 10.2. The highest BCUT2D eigenvalue weighted by molar-refractivity contribution is 6.33. The quantitative estimate of drug-likeness (QED) is 0.441. The molecule has 38 heavy (non-hydrogen) atoms. The van der Waals surface area contributed by atoms with Gasteiger partial charge in [-0.3, -0.25) is 14.5 Å². The van der Waals surface area contributed by atoms with Gasteiger partial charge in [0.15, 0.2) is 0 Å². The number of benzene rings is 3. The maximum absolute atomic E-state index is 14.2. The molecule has 0 saturated heterocycles. The highest BCUT2D eigenvalue weighted by atomic mass is 35.5. The van der Waals surface area contributed by atoms with E-state index in [0.29, 0.717) is 0 Å². The van der Waals surface area contributed by atoms with Gasteiger partial charge in [0.05, 0.1) is 28.8 Å². The molecule has 0 bridgehead atoms. The lowest BCUT2D eigenvalue weighted by molar-refractivity contribution is -0.142. The largest absolute Gasteiger partial charge is 0.467 e. The molecule has 2 amide bonds. The van der Waals surface area contributed by atoms with Crippen LogP contribution in [0, 0.1) is 5.82 Å². The lowest BCUT2D eigenvalue weighted by Gasteiger charge is -2.20. The van der Waals surface area contributed by atoms with Gasteiger partial charge in [0.2, 0.25) is 5.91 Å². The van der Waals surface area contributed by atoms with Crippen molar-refractivity contribution in [1.82, 2.24) is 5.32 Å². The number of nitrogens with zero attached hydrogens (tertiary/aromatic N) is 2. The molecule has 5 rings (SSSR count). The van der Waals surface area contributed by atoms with Gasteiger partial charge in [-0.1, -0.05) is 29.8 Å². The SMILES string of the molecule is COC(=O)[C@H](Cc1ccc(N2C(=O)C3(CC3)c3cc(N(C)C)ccc32)cc1)NC(=O)c1c(F)cccc1Cl. The summed E-state index contributed by atoms with van der Waals surface area (Å²) in [5.41, 5.74) is 3.64. The first kappa shape index (κ1) is 25.7. The Bertz CT molecular complexity index is 1420. The molecule has 1 aliphatic heterocycles. The number of halogens is 2. The summed E-state index contributed by atoms with van der Waals surface area (Å²) < 4.78 is 19.1. The fraction of sp³-hybridized carbons (Fsp3) is 0.276. The van der Waals surface area contributed by atoms with E-state index in [-0.39, 0.29) is 22.9 Å². The molecule has 1 saturated carbocycles. The molecule has 1 heterocycles. The van der Waals surface area contributed by atoms with Crippen LogP contribution in [0.15, 0.2) is 60.7 Å². The summed E-state index contributed by atoms with van der Waals surface area (Å²) in [6, 6.07) is 16.2. The molecular weight excluding hydrogens is 509 g/mol. The van der Waals surface area contributed by atoms with Gasteiger partial charge in [-0.25, -0.2) is 9.18 Å². The van der Waals surface area contributed by atoms with Crippen LogP contribution in [0.5, 0.6) is 0 Å². The van der Waals surface area contributed by atoms with Crippen LogP contribution in [0.1, 0.15) is 34.3 Å². The smallest absolute Gasteiger partial charge is 0.328 e. The van der Waals surface area contributed by atoms with Crippen molar-refractivity contribution >= 4 is 46.4 Å². The Labute approximate surface area is 225 Å². The first-order chi connectivity index (χ1) is 18.2. The van der Waals surface area contributed by atoms with E-state index in [1.165, 1.54) is 19.2 Å². The van der Waals surface area contributed by atoms with Gasteiger partial charge in [-0.05, 0) is 66.4 Å². The predicted octanol–water partition coefficient (Wildman–Crippen LogP) is 4.77. The Morgan fingerprint density at radius 1 is 1.13 bits per heavy atom. The molecule has 0 unspecified atom stereocenters. The van der Waals surface area contributed by atoms with Crippen LogP contribution >= 0.6 is 11.6 Å². The van der Waals surface area contributed by atoms with Gasteiger partial charge in [-0.2, -0.15) is 0 Å². The van der Waals surface area contributed by atoms with E-state index >= 15 is 0 Å². The molecule has 1 spiro atoms. The van der Waals surface area contributed by atoms with E-state index in [1.54, 1.807) is 17.0 Å². The van der Waals surface area contributed by atoms with Crippen molar-refractivity contribution in [3.63, 3.8) is 0 Å². The Morgan fingerprint density at radius 2 is 1.84 bits per heavy atom. The second-order valence-electron chi connectivity index (χ2n) is 9.83. The number of carbonyl (C=O) groups is 3. The number of esters is 1. The Hall–Kier alpha value is -3.91. The number of amides is 2. The Kier molecular flexibility index (Phi) is 6.61. The Balaban J connectivity index is 1.38. The van der Waals surface area contributed by atoms with Gasteiger partial charge < -0.3 is 15.0 Å². The zero-order valence-electron chi connectivity index (χ0n) is 21.3. The van der Waals surface area contributed by atoms with E-state index in [4.69, 9.17) is 16.3 Å². The van der Waals surface area contributed by atoms with Gasteiger partial charge in [0.1, 0.15) is 11.9 Å². The van der Waals surface area contributed by atoms with Crippen LogP contribution in [-0.4, -0.2) is 45.0 Å². The number of rotatable bonds is 7. The van der Waals surface area contributed by atoms with Crippen molar-refractivity contribution in [1.29, 1.82) is 0 Å². The van der Waals surface area contributed by atoms with Crippen LogP contribution in [0.4, 0.5) is 21.5 Å². The number of hydrogen-bond acceptors (Lipinski definition) is 5. The molecule has 1 fully saturated rings. The summed E-state index contributed by atoms with van der Waals surface area (Å²) in [5.74, 6) is -2.21. The zero-order valence-corrected chi connectivity index (χ0v) is 22.0. The van der Waals surface area contributed by atoms with E-state index in [1.807, 2.05) is 43.3 Å². The predicted molar refractivity (Wildman–Crippen MR) is 144 cm³/mol. The first-order valence-corrected chi connectivity index (χ1v) is 12.6. The van der Waals surface area contributed by atoms with Crippen LogP contribution in [0.2, 0.25) is 5.02 Å². The van der Waals surface area contributed by atoms with E-state index in [0.717, 1.165) is 47.1 Å². The van der Waals surface area contributed by atoms with Gasteiger partial charge >= 0.3 is 5.97 Å². The molecule has 0 radical (unpaired) electrons. The van der Waals surface area contributed by atoms with Crippen molar-refractivity contribution in [3.8, 4) is 0 Å². The second kappa shape index (κ2) is 9.76. The minimum atomic E-state index is -1.07. The highest BCUT2D eigenvalue weighted by Gasteiger charge is 2.59. The lowest BCUT2D eigenvalue weighted by atomic mass is 9.97. The van der Waals surface area contributed by atoms with E-state index in [9.17, 15) is 18.8 Å². The summed E-state index contributed by atoms with van der Waals surface area (Å²) in [4.78, 5) is 42.4. The highest BCUT2D eigenvalue weighted by Crippen LogP contribution is 2.59. The third-order valence-electron chi connectivity index (χ3n) is 7.23. The average molecular weight is 536 g/mol. The maximum Gasteiger partial charge on any atom is 0.328 e. The Morgan fingerprint density at radius 3 is 2.45 bits per heavy atom.